The zero-order valence-electron chi connectivity index (χ0n) is 12.6. The predicted molar refractivity (Wildman–Crippen MR) is 49.9 cm³/mol. The number of hydrogen-bond acceptors (Lipinski definition) is 1. The first-order chi connectivity index (χ1) is 7.97. The van der Waals surface area contributed by atoms with Crippen molar-refractivity contribution in [1.82, 2.24) is 0 Å². The Labute approximate surface area is 85.3 Å². The lowest BCUT2D eigenvalue weighted by Gasteiger charge is -2.08. The van der Waals surface area contributed by atoms with E-state index in [2.05, 4.69) is 15.9 Å². The van der Waals surface area contributed by atoms with Crippen LogP contribution < -0.4 is 4.74 Å². The van der Waals surface area contributed by atoms with E-state index in [-0.39, 0.29) is 5.75 Å². The van der Waals surface area contributed by atoms with E-state index in [1.165, 1.54) is 12.1 Å². The zero-order valence-corrected chi connectivity index (χ0v) is 7.18. The van der Waals surface area contributed by atoms with Crippen LogP contribution in [0.4, 0.5) is 0 Å². The van der Waals surface area contributed by atoms with Crippen LogP contribution in [0.25, 0.3) is 0 Å². The Kier molecular flexibility index (Phi) is 1.06. The Morgan fingerprint density at radius 2 is 2.45 bits per heavy atom. The van der Waals surface area contributed by atoms with Gasteiger partial charge >= 0.3 is 0 Å². The Morgan fingerprint density at radius 3 is 3.09 bits per heavy atom. The number of ether oxygens (including phenoxy) is 1. The maximum absolute atomic E-state index is 7.67. The Balaban J connectivity index is 3.16. The third-order valence-corrected chi connectivity index (χ3v) is 1.51. The summed E-state index contributed by atoms with van der Waals surface area (Å²) in [5.74, 6) is 0.00613. The summed E-state index contributed by atoms with van der Waals surface area (Å²) in [6.45, 7) is -6.19. The van der Waals surface area contributed by atoms with Crippen molar-refractivity contribution in [3.63, 3.8) is 0 Å². The second-order valence-electron chi connectivity index (χ2n) is 1.89. The van der Waals surface area contributed by atoms with Gasteiger partial charge in [0.2, 0.25) is 0 Å². The van der Waals surface area contributed by atoms with Crippen LogP contribution in [0.15, 0.2) is 28.7 Å². The molecule has 2 heteroatoms. The van der Waals surface area contributed by atoms with Crippen LogP contribution in [0.3, 0.4) is 0 Å². The fraction of sp³-hybridized carbons (Fsp3) is 0.333. The van der Waals surface area contributed by atoms with Gasteiger partial charge in [0.1, 0.15) is 5.75 Å². The summed E-state index contributed by atoms with van der Waals surface area (Å²) < 4.78 is 56.3. The van der Waals surface area contributed by atoms with Gasteiger partial charge in [-0.05, 0) is 31.9 Å². The maximum atomic E-state index is 7.67. The normalized spacial score (nSPS) is 22.8. The fourth-order valence-corrected chi connectivity index (χ4v) is 1.03. The quantitative estimate of drug-likeness (QED) is 0.746. The van der Waals surface area contributed by atoms with Crippen molar-refractivity contribution in [2.24, 2.45) is 0 Å². The lowest BCUT2D eigenvalue weighted by molar-refractivity contribution is 0.242. The summed E-state index contributed by atoms with van der Waals surface area (Å²) in [7, 11) is 0. The molecule has 1 rings (SSSR count). The van der Waals surface area contributed by atoms with Gasteiger partial charge in [-0.25, -0.2) is 0 Å². The third-order valence-electron chi connectivity index (χ3n) is 1.02. The van der Waals surface area contributed by atoms with Crippen LogP contribution in [-0.2, 0) is 0 Å². The molecule has 1 aromatic carbocycles. The van der Waals surface area contributed by atoms with Crippen LogP contribution in [-0.4, -0.2) is 6.08 Å². The average Bonchev–Trinajstić information content (AvgIpc) is 2.13. The first-order valence-electron chi connectivity index (χ1n) is 6.42. The van der Waals surface area contributed by atoms with E-state index in [0.717, 1.165) is 0 Å². The first kappa shape index (κ1) is 3.09. The summed E-state index contributed by atoms with van der Waals surface area (Å²) in [6, 6.07) is 6.02. The van der Waals surface area contributed by atoms with Crippen molar-refractivity contribution < 1.29 is 14.3 Å². The summed E-state index contributed by atoms with van der Waals surface area (Å²) >= 11 is 3.15. The van der Waals surface area contributed by atoms with Crippen LogP contribution in [0.5, 0.6) is 5.75 Å². The van der Waals surface area contributed by atoms with E-state index < -0.39 is 19.8 Å². The summed E-state index contributed by atoms with van der Waals surface area (Å²) in [5, 5.41) is 0. The minimum atomic E-state index is -3.10. The third kappa shape index (κ3) is 2.93. The topological polar surface area (TPSA) is 9.23 Å². The molecule has 0 fully saturated rings. The number of halogens is 1. The molecular formula is C9H11BrO. The van der Waals surface area contributed by atoms with E-state index in [1.54, 1.807) is 12.1 Å². The van der Waals surface area contributed by atoms with Gasteiger partial charge < -0.3 is 4.74 Å². The van der Waals surface area contributed by atoms with Gasteiger partial charge in [0, 0.05) is 12.7 Å². The van der Waals surface area contributed by atoms with Gasteiger partial charge in [0.25, 0.3) is 0 Å². The number of hydrogen-bond donors (Lipinski definition) is 0. The minimum Gasteiger partial charge on any atom is -0.491 e. The predicted octanol–water partition coefficient (Wildman–Crippen LogP) is 3.24. The molecule has 0 atom stereocenters. The molecule has 0 N–H and O–H groups in total. The SMILES string of the molecule is [2H]C([2H])([2H])C([2H])(Oc1cccc(Br)c1)C([2H])([2H])[2H]. The molecule has 1 nitrogen and oxygen atoms in total. The van der Waals surface area contributed by atoms with Crippen molar-refractivity contribution in [2.45, 2.75) is 19.8 Å². The van der Waals surface area contributed by atoms with Crippen molar-refractivity contribution in [3.8, 4) is 5.75 Å². The lowest BCUT2D eigenvalue weighted by Crippen LogP contribution is -2.04. The molecule has 0 saturated heterocycles. The van der Waals surface area contributed by atoms with Gasteiger partial charge in [-0.15, -0.1) is 0 Å². The highest BCUT2D eigenvalue weighted by molar-refractivity contribution is 9.10. The molecule has 0 heterocycles. The standard InChI is InChI=1S/C9H11BrO/c1-7(2)11-9-5-3-4-8(10)6-9/h3-7H,1-2H3/i1D3,2D3,7D. The molecule has 0 aliphatic rings. The zero-order chi connectivity index (χ0) is 14.2. The Morgan fingerprint density at radius 1 is 1.64 bits per heavy atom. The highest BCUT2D eigenvalue weighted by Gasteiger charge is 1.96. The summed E-state index contributed by atoms with van der Waals surface area (Å²) in [6.07, 6.45) is -3.00. The highest BCUT2D eigenvalue weighted by atomic mass is 79.9. The van der Waals surface area contributed by atoms with E-state index in [4.69, 9.17) is 14.3 Å². The average molecular weight is 222 g/mol. The van der Waals surface area contributed by atoms with Crippen molar-refractivity contribution in [1.29, 1.82) is 0 Å². The molecule has 0 spiro atoms. The molecule has 0 saturated carbocycles. The van der Waals surface area contributed by atoms with Crippen molar-refractivity contribution in [2.75, 3.05) is 0 Å². The van der Waals surface area contributed by atoms with Crippen LogP contribution in [0, 0.1) is 0 Å². The van der Waals surface area contributed by atoms with Crippen LogP contribution in [0.2, 0.25) is 0 Å². The van der Waals surface area contributed by atoms with Crippen molar-refractivity contribution in [3.05, 3.63) is 28.7 Å². The monoisotopic (exact) mass is 221 g/mol. The van der Waals surface area contributed by atoms with E-state index in [9.17, 15) is 0 Å². The Hall–Kier alpha value is -0.500. The molecular weight excluding hydrogens is 204 g/mol. The molecule has 0 aliphatic carbocycles. The second-order valence-corrected chi connectivity index (χ2v) is 2.80. The van der Waals surface area contributed by atoms with E-state index >= 15 is 0 Å². The molecule has 60 valence electrons. The number of rotatable bonds is 2. The van der Waals surface area contributed by atoms with E-state index in [0.29, 0.717) is 4.47 Å². The Bertz CT molecular complexity index is 412. The minimum absolute atomic E-state index is 0.00613. The number of benzene rings is 1. The van der Waals surface area contributed by atoms with Crippen LogP contribution in [0.1, 0.15) is 23.3 Å². The first-order valence-corrected chi connectivity index (χ1v) is 3.71. The molecule has 11 heavy (non-hydrogen) atoms. The molecule has 0 amide bonds. The van der Waals surface area contributed by atoms with Crippen molar-refractivity contribution >= 4 is 15.9 Å². The molecule has 1 aromatic rings. The van der Waals surface area contributed by atoms with Gasteiger partial charge in [0.15, 0.2) is 0 Å². The molecule has 0 bridgehead atoms. The highest BCUT2D eigenvalue weighted by Crippen LogP contribution is 2.18. The molecule has 0 aliphatic heterocycles. The van der Waals surface area contributed by atoms with Gasteiger partial charge in [-0.1, -0.05) is 22.0 Å². The second kappa shape index (κ2) is 3.77. The smallest absolute Gasteiger partial charge is 0.120 e. The van der Waals surface area contributed by atoms with Gasteiger partial charge in [-0.3, -0.25) is 0 Å². The summed E-state index contributed by atoms with van der Waals surface area (Å²) in [4.78, 5) is 0. The largest absolute Gasteiger partial charge is 0.491 e. The fourth-order valence-electron chi connectivity index (χ4n) is 0.648. The molecule has 0 aromatic heterocycles. The van der Waals surface area contributed by atoms with E-state index in [1.807, 2.05) is 0 Å². The van der Waals surface area contributed by atoms with Gasteiger partial charge in [0.05, 0.1) is 7.45 Å². The lowest BCUT2D eigenvalue weighted by atomic mass is 10.3. The molecule has 0 unspecified atom stereocenters. The maximum Gasteiger partial charge on any atom is 0.120 e. The van der Waals surface area contributed by atoms with Gasteiger partial charge in [-0.2, -0.15) is 0 Å². The van der Waals surface area contributed by atoms with Crippen LogP contribution >= 0.6 is 15.9 Å². The summed E-state index contributed by atoms with van der Waals surface area (Å²) in [5.41, 5.74) is 0. The molecule has 0 radical (unpaired) electrons.